The number of hydrogen-bond acceptors (Lipinski definition) is 3. The van der Waals surface area contributed by atoms with Crippen LogP contribution in [0.4, 0.5) is 0 Å². The maximum absolute atomic E-state index is 12.0. The van der Waals surface area contributed by atoms with E-state index in [0.717, 1.165) is 18.5 Å². The molecular formula is C15H22ClNO3S. The van der Waals surface area contributed by atoms with E-state index in [9.17, 15) is 13.2 Å². The second kappa shape index (κ2) is 7.80. The minimum atomic E-state index is -3.68. The standard InChI is InChI=1S/C15H22ClNO3S/c1-12(2)10-11-17(3)15(18)9-6-13-4-7-14(8-5-13)21(16,19)20/h4-5,7-8,12H,6,9-11H2,1-3H3. The molecule has 0 bridgehead atoms. The van der Waals surface area contributed by atoms with Gasteiger partial charge in [-0.05, 0) is 36.5 Å². The van der Waals surface area contributed by atoms with Crippen molar-refractivity contribution in [2.45, 2.75) is 38.0 Å². The molecular weight excluding hydrogens is 310 g/mol. The number of halogens is 1. The first-order valence-electron chi connectivity index (χ1n) is 6.97. The van der Waals surface area contributed by atoms with Crippen LogP contribution >= 0.6 is 10.7 Å². The molecule has 1 aromatic rings. The lowest BCUT2D eigenvalue weighted by molar-refractivity contribution is -0.130. The van der Waals surface area contributed by atoms with Gasteiger partial charge in [0.25, 0.3) is 9.05 Å². The van der Waals surface area contributed by atoms with E-state index in [2.05, 4.69) is 13.8 Å². The van der Waals surface area contributed by atoms with Gasteiger partial charge in [0, 0.05) is 30.7 Å². The van der Waals surface area contributed by atoms with Gasteiger partial charge in [-0.3, -0.25) is 4.79 Å². The first-order valence-corrected chi connectivity index (χ1v) is 9.28. The number of benzene rings is 1. The maximum atomic E-state index is 12.0. The fourth-order valence-corrected chi connectivity index (χ4v) is 2.61. The Labute approximate surface area is 131 Å². The Kier molecular flexibility index (Phi) is 6.68. The van der Waals surface area contributed by atoms with Crippen molar-refractivity contribution in [2.24, 2.45) is 5.92 Å². The fraction of sp³-hybridized carbons (Fsp3) is 0.533. The Balaban J connectivity index is 2.50. The molecule has 0 spiro atoms. The van der Waals surface area contributed by atoms with Crippen molar-refractivity contribution in [1.82, 2.24) is 4.90 Å². The van der Waals surface area contributed by atoms with Crippen molar-refractivity contribution < 1.29 is 13.2 Å². The predicted octanol–water partition coefficient (Wildman–Crippen LogP) is 3.05. The number of aryl methyl sites for hydroxylation is 1. The number of carbonyl (C=O) groups excluding carboxylic acids is 1. The molecule has 0 saturated carbocycles. The normalized spacial score (nSPS) is 11.7. The number of nitrogens with zero attached hydrogens (tertiary/aromatic N) is 1. The van der Waals surface area contributed by atoms with E-state index in [4.69, 9.17) is 10.7 Å². The van der Waals surface area contributed by atoms with Crippen LogP contribution in [0.2, 0.25) is 0 Å². The summed E-state index contributed by atoms with van der Waals surface area (Å²) in [7, 11) is 3.38. The molecule has 4 nitrogen and oxygen atoms in total. The minimum Gasteiger partial charge on any atom is -0.346 e. The second-order valence-corrected chi connectivity index (χ2v) is 8.15. The molecule has 0 heterocycles. The molecule has 1 rings (SSSR count). The van der Waals surface area contributed by atoms with Gasteiger partial charge < -0.3 is 4.90 Å². The number of rotatable bonds is 7. The number of carbonyl (C=O) groups is 1. The molecule has 21 heavy (non-hydrogen) atoms. The predicted molar refractivity (Wildman–Crippen MR) is 84.9 cm³/mol. The van der Waals surface area contributed by atoms with E-state index in [1.54, 1.807) is 17.0 Å². The maximum Gasteiger partial charge on any atom is 0.261 e. The lowest BCUT2D eigenvalue weighted by Crippen LogP contribution is -2.28. The van der Waals surface area contributed by atoms with Crippen molar-refractivity contribution in [3.05, 3.63) is 29.8 Å². The Morgan fingerprint density at radius 3 is 2.29 bits per heavy atom. The van der Waals surface area contributed by atoms with Crippen LogP contribution in [0.3, 0.4) is 0 Å². The summed E-state index contributed by atoms with van der Waals surface area (Å²) in [6.07, 6.45) is 2.00. The smallest absolute Gasteiger partial charge is 0.261 e. The zero-order chi connectivity index (χ0) is 16.0. The Hall–Kier alpha value is -1.07. The first-order chi connectivity index (χ1) is 9.70. The average molecular weight is 332 g/mol. The van der Waals surface area contributed by atoms with Gasteiger partial charge in [-0.15, -0.1) is 0 Å². The van der Waals surface area contributed by atoms with E-state index in [1.807, 2.05) is 7.05 Å². The molecule has 0 radical (unpaired) electrons. The van der Waals surface area contributed by atoms with Gasteiger partial charge in [-0.2, -0.15) is 0 Å². The van der Waals surface area contributed by atoms with Crippen LogP contribution < -0.4 is 0 Å². The molecule has 0 aliphatic carbocycles. The Morgan fingerprint density at radius 1 is 1.24 bits per heavy atom. The summed E-state index contributed by atoms with van der Waals surface area (Å²) in [5, 5.41) is 0. The lowest BCUT2D eigenvalue weighted by atomic mass is 10.1. The fourth-order valence-electron chi connectivity index (χ4n) is 1.84. The van der Waals surface area contributed by atoms with Gasteiger partial charge in [0.15, 0.2) is 0 Å². The van der Waals surface area contributed by atoms with Crippen molar-refractivity contribution in [3.63, 3.8) is 0 Å². The largest absolute Gasteiger partial charge is 0.346 e. The van der Waals surface area contributed by atoms with Crippen LogP contribution in [0.1, 0.15) is 32.3 Å². The topological polar surface area (TPSA) is 54.5 Å². The highest BCUT2D eigenvalue weighted by atomic mass is 35.7. The summed E-state index contributed by atoms with van der Waals surface area (Å²) in [6, 6.07) is 6.31. The van der Waals surface area contributed by atoms with Crippen LogP contribution in [-0.2, 0) is 20.3 Å². The molecule has 0 N–H and O–H groups in total. The molecule has 118 valence electrons. The Bertz CT molecular complexity index is 567. The quantitative estimate of drug-likeness (QED) is 0.721. The number of hydrogen-bond donors (Lipinski definition) is 0. The molecule has 0 aliphatic heterocycles. The van der Waals surface area contributed by atoms with Crippen molar-refractivity contribution in [2.75, 3.05) is 13.6 Å². The van der Waals surface area contributed by atoms with Crippen LogP contribution in [-0.4, -0.2) is 32.8 Å². The monoisotopic (exact) mass is 331 g/mol. The van der Waals surface area contributed by atoms with Gasteiger partial charge in [-0.1, -0.05) is 26.0 Å². The Morgan fingerprint density at radius 2 is 1.81 bits per heavy atom. The third-order valence-corrected chi connectivity index (χ3v) is 4.67. The highest BCUT2D eigenvalue weighted by Gasteiger charge is 2.11. The number of amides is 1. The van der Waals surface area contributed by atoms with E-state index < -0.39 is 9.05 Å². The van der Waals surface area contributed by atoms with Gasteiger partial charge in [0.05, 0.1) is 4.90 Å². The van der Waals surface area contributed by atoms with Gasteiger partial charge >= 0.3 is 0 Å². The summed E-state index contributed by atoms with van der Waals surface area (Å²) < 4.78 is 22.3. The van der Waals surface area contributed by atoms with Gasteiger partial charge in [0.1, 0.15) is 0 Å². The van der Waals surface area contributed by atoms with Crippen molar-refractivity contribution in [1.29, 1.82) is 0 Å². The minimum absolute atomic E-state index is 0.0771. The summed E-state index contributed by atoms with van der Waals surface area (Å²) in [5.41, 5.74) is 0.921. The molecule has 6 heteroatoms. The van der Waals surface area contributed by atoms with Crippen molar-refractivity contribution in [3.8, 4) is 0 Å². The molecule has 0 aliphatic rings. The summed E-state index contributed by atoms with van der Waals surface area (Å²) in [5.74, 6) is 0.676. The zero-order valence-corrected chi connectivity index (χ0v) is 14.2. The highest BCUT2D eigenvalue weighted by molar-refractivity contribution is 8.13. The SMILES string of the molecule is CC(C)CCN(C)C(=O)CCc1ccc(S(=O)(=O)Cl)cc1. The van der Waals surface area contributed by atoms with E-state index in [0.29, 0.717) is 18.8 Å². The average Bonchev–Trinajstić information content (AvgIpc) is 2.41. The summed E-state index contributed by atoms with van der Waals surface area (Å²) in [4.78, 5) is 13.8. The third-order valence-electron chi connectivity index (χ3n) is 3.30. The molecule has 0 aromatic heterocycles. The van der Waals surface area contributed by atoms with E-state index in [1.165, 1.54) is 12.1 Å². The van der Waals surface area contributed by atoms with Crippen LogP contribution in [0.5, 0.6) is 0 Å². The molecule has 0 unspecified atom stereocenters. The molecule has 1 amide bonds. The first kappa shape index (κ1) is 18.0. The van der Waals surface area contributed by atoms with E-state index in [-0.39, 0.29) is 10.8 Å². The van der Waals surface area contributed by atoms with Gasteiger partial charge in [-0.25, -0.2) is 8.42 Å². The van der Waals surface area contributed by atoms with E-state index >= 15 is 0 Å². The highest BCUT2D eigenvalue weighted by Crippen LogP contribution is 2.16. The molecule has 0 atom stereocenters. The van der Waals surface area contributed by atoms with Crippen LogP contribution in [0.25, 0.3) is 0 Å². The second-order valence-electron chi connectivity index (χ2n) is 5.58. The van der Waals surface area contributed by atoms with Gasteiger partial charge in [0.2, 0.25) is 5.91 Å². The molecule has 0 fully saturated rings. The molecule has 0 saturated heterocycles. The van der Waals surface area contributed by atoms with Crippen LogP contribution in [0.15, 0.2) is 29.2 Å². The summed E-state index contributed by atoms with van der Waals surface area (Å²) in [6.45, 7) is 5.02. The van der Waals surface area contributed by atoms with Crippen LogP contribution in [0, 0.1) is 5.92 Å². The van der Waals surface area contributed by atoms with Crippen molar-refractivity contribution >= 4 is 25.6 Å². The lowest BCUT2D eigenvalue weighted by Gasteiger charge is -2.18. The molecule has 1 aromatic carbocycles. The zero-order valence-electron chi connectivity index (χ0n) is 12.7. The third kappa shape index (κ3) is 6.48. The summed E-state index contributed by atoms with van der Waals surface area (Å²) >= 11 is 0.